The summed E-state index contributed by atoms with van der Waals surface area (Å²) in [5.74, 6) is 0.112. The van der Waals surface area contributed by atoms with Crippen LogP contribution in [0.4, 0.5) is 4.79 Å². The number of thioether (sulfide) groups is 1. The maximum absolute atomic E-state index is 14.0. The lowest BCUT2D eigenvalue weighted by Crippen LogP contribution is -2.63. The van der Waals surface area contributed by atoms with Gasteiger partial charge in [-0.15, -0.1) is 0 Å². The molecule has 3 aromatic carbocycles. The van der Waals surface area contributed by atoms with Crippen LogP contribution in [0.2, 0.25) is 0 Å². The Morgan fingerprint density at radius 1 is 1.03 bits per heavy atom. The largest absolute Gasteiger partial charge is 0.424 e. The zero-order valence-electron chi connectivity index (χ0n) is 20.4. The Morgan fingerprint density at radius 3 is 2.42 bits per heavy atom. The number of benzene rings is 3. The summed E-state index contributed by atoms with van der Waals surface area (Å²) in [6.07, 6.45) is 2.36. The topological polar surface area (TPSA) is 74.8 Å². The van der Waals surface area contributed by atoms with Gasteiger partial charge in [0.25, 0.3) is 0 Å². The Bertz CT molecular complexity index is 1310. The van der Waals surface area contributed by atoms with E-state index in [1.165, 1.54) is 11.8 Å². The van der Waals surface area contributed by atoms with Gasteiger partial charge in [-0.2, -0.15) is 4.48 Å². The van der Waals surface area contributed by atoms with Crippen molar-refractivity contribution in [2.75, 3.05) is 12.3 Å². The van der Waals surface area contributed by atoms with Crippen LogP contribution in [-0.4, -0.2) is 44.7 Å². The smallest absolute Gasteiger partial charge is 0.333 e. The van der Waals surface area contributed by atoms with Gasteiger partial charge in [0.1, 0.15) is 11.8 Å². The van der Waals surface area contributed by atoms with Gasteiger partial charge in [0, 0.05) is 12.8 Å². The van der Waals surface area contributed by atoms with Crippen LogP contribution < -0.4 is 5.32 Å². The van der Waals surface area contributed by atoms with Gasteiger partial charge in [-0.1, -0.05) is 84.6 Å². The van der Waals surface area contributed by atoms with Crippen molar-refractivity contribution < 1.29 is 14.1 Å². The molecule has 1 saturated heterocycles. The van der Waals surface area contributed by atoms with E-state index in [1.807, 2.05) is 79.7 Å². The highest BCUT2D eigenvalue weighted by Crippen LogP contribution is 2.31. The summed E-state index contributed by atoms with van der Waals surface area (Å²) in [6.45, 7) is 2.55. The fourth-order valence-electron chi connectivity index (χ4n) is 5.16. The number of quaternary nitrogens is 1. The number of amides is 3. The number of hydrogen-bond acceptors (Lipinski definition) is 4. The van der Waals surface area contributed by atoms with Crippen molar-refractivity contribution in [3.05, 3.63) is 96.1 Å². The van der Waals surface area contributed by atoms with E-state index in [2.05, 4.69) is 27.4 Å². The van der Waals surface area contributed by atoms with Gasteiger partial charge in [0.2, 0.25) is 0 Å². The van der Waals surface area contributed by atoms with Crippen LogP contribution >= 0.6 is 11.8 Å². The van der Waals surface area contributed by atoms with Crippen LogP contribution in [0.3, 0.4) is 0 Å². The molecule has 1 aromatic heterocycles. The van der Waals surface area contributed by atoms with E-state index in [4.69, 9.17) is 0 Å². The van der Waals surface area contributed by atoms with Gasteiger partial charge in [0.15, 0.2) is 5.16 Å². The molecular weight excluding hydrogens is 468 g/mol. The highest BCUT2D eigenvalue weighted by molar-refractivity contribution is 7.99. The highest BCUT2D eigenvalue weighted by Gasteiger charge is 2.52. The number of imide groups is 1. The van der Waals surface area contributed by atoms with Crippen molar-refractivity contribution in [3.8, 4) is 0 Å². The van der Waals surface area contributed by atoms with Crippen molar-refractivity contribution in [1.82, 2.24) is 15.3 Å². The van der Waals surface area contributed by atoms with E-state index < -0.39 is 0 Å². The first-order valence-electron chi connectivity index (χ1n) is 12.4. The van der Waals surface area contributed by atoms with Gasteiger partial charge in [-0.25, -0.2) is 14.6 Å². The normalized spacial score (nSPS) is 20.3. The van der Waals surface area contributed by atoms with Crippen LogP contribution in [0.1, 0.15) is 36.9 Å². The van der Waals surface area contributed by atoms with Crippen LogP contribution in [0, 0.1) is 0 Å². The Kier molecular flexibility index (Phi) is 7.20. The number of carbonyl (C=O) groups is 2. The summed E-state index contributed by atoms with van der Waals surface area (Å²) in [5, 5.41) is 3.97. The molecule has 6 nitrogen and oxygen atoms in total. The van der Waals surface area contributed by atoms with Crippen LogP contribution in [0.25, 0.3) is 11.0 Å². The second kappa shape index (κ2) is 10.7. The van der Waals surface area contributed by atoms with Gasteiger partial charge in [-0.3, -0.25) is 5.32 Å². The maximum atomic E-state index is 14.0. The molecule has 0 spiro atoms. The lowest BCUT2D eigenvalue weighted by atomic mass is 9.99. The van der Waals surface area contributed by atoms with E-state index in [-0.39, 0.29) is 34.3 Å². The number of aromatic amines is 1. The lowest BCUT2D eigenvalue weighted by Gasteiger charge is -2.34. The van der Waals surface area contributed by atoms with Crippen molar-refractivity contribution >= 4 is 34.7 Å². The number of imidazole rings is 1. The van der Waals surface area contributed by atoms with Gasteiger partial charge in [0.05, 0.1) is 23.6 Å². The number of para-hydroxylation sites is 2. The Hall–Kier alpha value is -3.42. The fourth-order valence-corrected chi connectivity index (χ4v) is 5.99. The van der Waals surface area contributed by atoms with Crippen LogP contribution in [0.5, 0.6) is 0 Å². The number of aromatic nitrogens is 2. The molecule has 0 saturated carbocycles. The molecule has 4 aromatic rings. The van der Waals surface area contributed by atoms with E-state index in [9.17, 15) is 9.59 Å². The predicted molar refractivity (Wildman–Crippen MR) is 144 cm³/mol. The molecule has 2 heterocycles. The van der Waals surface area contributed by atoms with E-state index in [1.54, 1.807) is 0 Å². The van der Waals surface area contributed by atoms with Crippen LogP contribution in [-0.2, 0) is 11.2 Å². The first-order chi connectivity index (χ1) is 17.6. The van der Waals surface area contributed by atoms with Crippen LogP contribution in [0.15, 0.2) is 90.1 Å². The zero-order valence-corrected chi connectivity index (χ0v) is 21.2. The van der Waals surface area contributed by atoms with Crippen molar-refractivity contribution in [2.45, 2.75) is 43.4 Å². The average molecular weight is 500 g/mol. The number of likely N-dealkylation sites (tertiary alicyclic amines) is 1. The molecular formula is C29H31N4O2S+. The van der Waals surface area contributed by atoms with Crippen molar-refractivity contribution in [1.29, 1.82) is 0 Å². The molecule has 7 heteroatoms. The number of rotatable bonds is 7. The number of nitrogens with one attached hydrogen (secondary N) is 2. The summed E-state index contributed by atoms with van der Waals surface area (Å²) in [6, 6.07) is 27.5. The molecule has 5 rings (SSSR count). The van der Waals surface area contributed by atoms with Crippen molar-refractivity contribution in [3.63, 3.8) is 0 Å². The Labute approximate surface area is 215 Å². The van der Waals surface area contributed by atoms with E-state index >= 15 is 0 Å². The average Bonchev–Trinajstić information content (AvgIpc) is 3.51. The van der Waals surface area contributed by atoms with Gasteiger partial charge < -0.3 is 4.98 Å². The first-order valence-corrected chi connectivity index (χ1v) is 13.4. The van der Waals surface area contributed by atoms with Gasteiger partial charge >= 0.3 is 11.9 Å². The molecule has 0 bridgehead atoms. The molecule has 3 atom stereocenters. The molecule has 1 fully saturated rings. The summed E-state index contributed by atoms with van der Waals surface area (Å²) in [5.41, 5.74) is 3.98. The quantitative estimate of drug-likeness (QED) is 0.246. The number of hydrogen-bond donors (Lipinski definition) is 2. The second-order valence-corrected chi connectivity index (χ2v) is 10.4. The zero-order chi connectivity index (χ0) is 25.0. The standard InChI is InChI=1S/C29H30N4O2S/c1-21-11-10-18-33(21,27(34)20-36-28-30-24-16-8-9-17-25(24)31-28)29(35)32-26(23-14-6-3-7-15-23)19-22-12-4-2-5-13-22/h2-9,12-17,21,26H,10-11,18-20H2,1H3,(H-,30,31,32,35)/p+1/t21-,26?,33?/m1/s1. The first kappa shape index (κ1) is 24.3. The van der Waals surface area contributed by atoms with Gasteiger partial charge in [-0.05, 0) is 36.6 Å². The minimum absolute atomic E-state index is 0.0677. The number of urea groups is 1. The third-order valence-corrected chi connectivity index (χ3v) is 8.03. The second-order valence-electron chi connectivity index (χ2n) is 9.43. The molecule has 1 aliphatic rings. The number of carbonyl (C=O) groups excluding carboxylic acids is 2. The number of fused-ring (bicyclic) bond motifs is 1. The molecule has 0 aliphatic carbocycles. The summed E-state index contributed by atoms with van der Waals surface area (Å²) < 4.78 is -0.161. The fraction of sp³-hybridized carbons (Fsp3) is 0.276. The Balaban J connectivity index is 1.36. The van der Waals surface area contributed by atoms with E-state index in [0.29, 0.717) is 18.1 Å². The summed E-state index contributed by atoms with van der Waals surface area (Å²) in [4.78, 5) is 35.5. The summed E-state index contributed by atoms with van der Waals surface area (Å²) in [7, 11) is 0. The molecule has 2 unspecified atom stereocenters. The molecule has 184 valence electrons. The Morgan fingerprint density at radius 2 is 1.72 bits per heavy atom. The third-order valence-electron chi connectivity index (χ3n) is 7.17. The molecule has 3 amide bonds. The molecule has 36 heavy (non-hydrogen) atoms. The minimum atomic E-state index is -0.222. The molecule has 0 radical (unpaired) electrons. The maximum Gasteiger partial charge on any atom is 0.424 e. The highest BCUT2D eigenvalue weighted by atomic mass is 32.2. The molecule has 2 N–H and O–H groups in total. The minimum Gasteiger partial charge on any atom is -0.333 e. The predicted octanol–water partition coefficient (Wildman–Crippen LogP) is 5.87. The SMILES string of the molecule is C[C@@H]1CCC[N+]1(C(=O)CSc1nc2ccccc2[nH]1)C(=O)NC(Cc1ccccc1)c1ccccc1. The third kappa shape index (κ3) is 4.94. The number of nitrogens with zero attached hydrogens (tertiary/aromatic N) is 2. The lowest BCUT2D eigenvalue weighted by molar-refractivity contribution is -0.784. The number of H-pyrrole nitrogens is 1. The summed E-state index contributed by atoms with van der Waals surface area (Å²) >= 11 is 1.37. The molecule has 1 aliphatic heterocycles. The van der Waals surface area contributed by atoms with E-state index in [0.717, 1.165) is 35.0 Å². The monoisotopic (exact) mass is 499 g/mol. The van der Waals surface area contributed by atoms with Crippen molar-refractivity contribution in [2.24, 2.45) is 0 Å².